The van der Waals surface area contributed by atoms with E-state index in [1.807, 2.05) is 0 Å². The summed E-state index contributed by atoms with van der Waals surface area (Å²) < 4.78 is 6.15. The number of hydrogen-bond donors (Lipinski definition) is 0. The van der Waals surface area contributed by atoms with Gasteiger partial charge in [-0.2, -0.15) is 0 Å². The first-order valence-corrected chi connectivity index (χ1v) is 7.50. The molecule has 0 heterocycles. The molecule has 2 atom stereocenters. The Morgan fingerprint density at radius 1 is 0.875 bits per heavy atom. The van der Waals surface area contributed by atoms with Crippen LogP contribution in [0.3, 0.4) is 0 Å². The van der Waals surface area contributed by atoms with Gasteiger partial charge in [0.2, 0.25) is 0 Å². The van der Waals surface area contributed by atoms with Crippen LogP contribution in [0.1, 0.15) is 71.1 Å². The average molecular weight is 224 g/mol. The highest BCUT2D eigenvalue weighted by Crippen LogP contribution is 2.30. The van der Waals surface area contributed by atoms with Crippen LogP contribution in [0, 0.1) is 11.8 Å². The molecule has 0 aliphatic heterocycles. The van der Waals surface area contributed by atoms with Gasteiger partial charge in [-0.25, -0.2) is 0 Å². The third kappa shape index (κ3) is 3.76. The second-order valence-electron chi connectivity index (χ2n) is 5.90. The second-order valence-corrected chi connectivity index (χ2v) is 5.90. The number of ether oxygens (including phenoxy) is 1. The maximum atomic E-state index is 6.15. The van der Waals surface area contributed by atoms with Crippen molar-refractivity contribution in [2.75, 3.05) is 6.61 Å². The van der Waals surface area contributed by atoms with Gasteiger partial charge in [-0.3, -0.25) is 0 Å². The minimum atomic E-state index is 0.598. The molecule has 16 heavy (non-hydrogen) atoms. The van der Waals surface area contributed by atoms with Gasteiger partial charge in [-0.1, -0.05) is 45.4 Å². The third-order valence-corrected chi connectivity index (χ3v) is 4.60. The van der Waals surface area contributed by atoms with Crippen LogP contribution < -0.4 is 0 Å². The van der Waals surface area contributed by atoms with Crippen LogP contribution in [0.4, 0.5) is 0 Å². The Kier molecular flexibility index (Phi) is 5.15. The van der Waals surface area contributed by atoms with Gasteiger partial charge in [0.25, 0.3) is 0 Å². The summed E-state index contributed by atoms with van der Waals surface area (Å²) in [6.45, 7) is 3.38. The molecule has 2 rings (SSSR count). The van der Waals surface area contributed by atoms with Gasteiger partial charge < -0.3 is 4.74 Å². The molecule has 94 valence electrons. The molecule has 2 unspecified atom stereocenters. The molecule has 2 fully saturated rings. The van der Waals surface area contributed by atoms with Crippen LogP contribution in [0.5, 0.6) is 0 Å². The van der Waals surface area contributed by atoms with E-state index in [4.69, 9.17) is 4.74 Å². The van der Waals surface area contributed by atoms with E-state index in [1.54, 1.807) is 0 Å². The molecule has 0 spiro atoms. The molecule has 0 N–H and O–H groups in total. The van der Waals surface area contributed by atoms with Gasteiger partial charge in [-0.05, 0) is 37.5 Å². The molecule has 0 aromatic carbocycles. The Hall–Kier alpha value is -0.0400. The lowest BCUT2D eigenvalue weighted by Crippen LogP contribution is -2.25. The molecule has 0 aromatic rings. The Morgan fingerprint density at radius 2 is 1.62 bits per heavy atom. The average Bonchev–Trinajstić information content (AvgIpc) is 2.38. The van der Waals surface area contributed by atoms with Crippen molar-refractivity contribution in [3.8, 4) is 0 Å². The number of rotatable bonds is 4. The topological polar surface area (TPSA) is 9.23 Å². The summed E-state index contributed by atoms with van der Waals surface area (Å²) in [6, 6.07) is 0. The highest BCUT2D eigenvalue weighted by molar-refractivity contribution is 4.73. The van der Waals surface area contributed by atoms with Crippen LogP contribution in [0.2, 0.25) is 0 Å². The van der Waals surface area contributed by atoms with Crippen molar-refractivity contribution in [1.82, 2.24) is 0 Å². The van der Waals surface area contributed by atoms with Gasteiger partial charge in [0.1, 0.15) is 0 Å². The van der Waals surface area contributed by atoms with E-state index in [9.17, 15) is 0 Å². The van der Waals surface area contributed by atoms with Gasteiger partial charge in [0.15, 0.2) is 0 Å². The molecule has 0 radical (unpaired) electrons. The molecule has 0 amide bonds. The molecule has 0 saturated heterocycles. The minimum Gasteiger partial charge on any atom is -0.378 e. The Balaban J connectivity index is 1.64. The van der Waals surface area contributed by atoms with Gasteiger partial charge in [0.05, 0.1) is 6.10 Å². The minimum absolute atomic E-state index is 0.598. The van der Waals surface area contributed by atoms with Crippen molar-refractivity contribution in [2.24, 2.45) is 11.8 Å². The van der Waals surface area contributed by atoms with Gasteiger partial charge in [-0.15, -0.1) is 0 Å². The lowest BCUT2D eigenvalue weighted by Gasteiger charge is -2.30. The molecule has 1 nitrogen and oxygen atoms in total. The highest BCUT2D eigenvalue weighted by Gasteiger charge is 2.22. The fraction of sp³-hybridized carbons (Fsp3) is 1.00. The smallest absolute Gasteiger partial charge is 0.0577 e. The first-order valence-electron chi connectivity index (χ1n) is 7.50. The van der Waals surface area contributed by atoms with Crippen LogP contribution in [0.25, 0.3) is 0 Å². The van der Waals surface area contributed by atoms with E-state index in [2.05, 4.69) is 6.92 Å². The molecule has 2 aliphatic carbocycles. The van der Waals surface area contributed by atoms with Gasteiger partial charge >= 0.3 is 0 Å². The van der Waals surface area contributed by atoms with Crippen LogP contribution >= 0.6 is 0 Å². The Morgan fingerprint density at radius 3 is 2.38 bits per heavy atom. The summed E-state index contributed by atoms with van der Waals surface area (Å²) in [4.78, 5) is 0. The summed E-state index contributed by atoms with van der Waals surface area (Å²) >= 11 is 0. The lowest BCUT2D eigenvalue weighted by molar-refractivity contribution is -0.0114. The Labute approximate surface area is 101 Å². The van der Waals surface area contributed by atoms with Crippen molar-refractivity contribution in [3.63, 3.8) is 0 Å². The summed E-state index contributed by atoms with van der Waals surface area (Å²) in [5, 5.41) is 0. The van der Waals surface area contributed by atoms with E-state index < -0.39 is 0 Å². The quantitative estimate of drug-likeness (QED) is 0.680. The van der Waals surface area contributed by atoms with Crippen molar-refractivity contribution in [2.45, 2.75) is 77.2 Å². The summed E-state index contributed by atoms with van der Waals surface area (Å²) in [7, 11) is 0. The van der Waals surface area contributed by atoms with Crippen LogP contribution in [-0.4, -0.2) is 12.7 Å². The predicted molar refractivity (Wildman–Crippen MR) is 68.6 cm³/mol. The molecule has 0 aromatic heterocycles. The van der Waals surface area contributed by atoms with Crippen LogP contribution in [-0.2, 0) is 4.74 Å². The zero-order chi connectivity index (χ0) is 11.2. The first kappa shape index (κ1) is 12.4. The van der Waals surface area contributed by atoms with Crippen molar-refractivity contribution in [1.29, 1.82) is 0 Å². The van der Waals surface area contributed by atoms with Gasteiger partial charge in [0, 0.05) is 6.61 Å². The molecule has 0 bridgehead atoms. The van der Waals surface area contributed by atoms with Crippen molar-refractivity contribution >= 4 is 0 Å². The zero-order valence-electron chi connectivity index (χ0n) is 10.9. The van der Waals surface area contributed by atoms with E-state index in [1.165, 1.54) is 64.2 Å². The van der Waals surface area contributed by atoms with Crippen molar-refractivity contribution < 1.29 is 4.74 Å². The highest BCUT2D eigenvalue weighted by atomic mass is 16.5. The molecular formula is C15H28O. The van der Waals surface area contributed by atoms with Crippen molar-refractivity contribution in [3.05, 3.63) is 0 Å². The normalized spacial score (nSPS) is 32.8. The second kappa shape index (κ2) is 6.64. The molecule has 1 heteroatoms. The largest absolute Gasteiger partial charge is 0.378 e. The van der Waals surface area contributed by atoms with E-state index in [0.29, 0.717) is 6.10 Å². The fourth-order valence-corrected chi connectivity index (χ4v) is 3.39. The summed E-state index contributed by atoms with van der Waals surface area (Å²) in [6.07, 6.45) is 14.6. The molecule has 2 saturated carbocycles. The first-order chi connectivity index (χ1) is 7.88. The lowest BCUT2D eigenvalue weighted by atomic mass is 9.85. The maximum absolute atomic E-state index is 6.15. The fourth-order valence-electron chi connectivity index (χ4n) is 3.39. The molecular weight excluding hydrogens is 196 g/mol. The number of hydrogen-bond acceptors (Lipinski definition) is 1. The van der Waals surface area contributed by atoms with Crippen LogP contribution in [0.15, 0.2) is 0 Å². The van der Waals surface area contributed by atoms with E-state index in [0.717, 1.165) is 18.4 Å². The summed E-state index contributed by atoms with van der Waals surface area (Å²) in [5.41, 5.74) is 0. The van der Waals surface area contributed by atoms with E-state index in [-0.39, 0.29) is 0 Å². The van der Waals surface area contributed by atoms with E-state index >= 15 is 0 Å². The standard InChI is InChI=1S/C15H28O/c1-2-13-9-6-10-15(11-13)16-12-14-7-4-3-5-8-14/h13-15H,2-12H2,1H3. The maximum Gasteiger partial charge on any atom is 0.0577 e. The predicted octanol–water partition coefficient (Wildman–Crippen LogP) is 4.55. The zero-order valence-corrected chi connectivity index (χ0v) is 10.9. The monoisotopic (exact) mass is 224 g/mol. The summed E-state index contributed by atoms with van der Waals surface area (Å²) in [5.74, 6) is 1.83. The molecule has 2 aliphatic rings. The Bertz CT molecular complexity index is 184. The SMILES string of the molecule is CCC1CCCC(OCC2CCCCC2)C1. The third-order valence-electron chi connectivity index (χ3n) is 4.60.